The van der Waals surface area contributed by atoms with E-state index in [0.29, 0.717) is 12.1 Å². The van der Waals surface area contributed by atoms with Crippen LogP contribution < -0.4 is 5.32 Å². The minimum absolute atomic E-state index is 0.243. The molecule has 0 saturated heterocycles. The third kappa shape index (κ3) is 3.31. The lowest BCUT2D eigenvalue weighted by Gasteiger charge is -2.07. The molecule has 0 heterocycles. The molecule has 0 amide bonds. The zero-order valence-corrected chi connectivity index (χ0v) is 11.0. The van der Waals surface area contributed by atoms with E-state index in [1.165, 1.54) is 12.1 Å². The van der Waals surface area contributed by atoms with Crippen LogP contribution in [0.5, 0.6) is 0 Å². The van der Waals surface area contributed by atoms with Crippen molar-refractivity contribution >= 4 is 21.6 Å². The van der Waals surface area contributed by atoms with E-state index in [0.717, 1.165) is 15.7 Å². The van der Waals surface area contributed by atoms with E-state index in [4.69, 9.17) is 5.26 Å². The third-order valence-electron chi connectivity index (χ3n) is 2.44. The van der Waals surface area contributed by atoms with Gasteiger partial charge in [-0.2, -0.15) is 5.26 Å². The first-order valence-electron chi connectivity index (χ1n) is 5.36. The predicted octanol–water partition coefficient (Wildman–Crippen LogP) is 4.07. The first-order valence-corrected chi connectivity index (χ1v) is 6.16. The molecule has 2 rings (SSSR count). The second kappa shape index (κ2) is 5.65. The molecule has 0 unspecified atom stereocenters. The quantitative estimate of drug-likeness (QED) is 0.927. The van der Waals surface area contributed by atoms with Crippen LogP contribution in [0.1, 0.15) is 11.1 Å². The van der Waals surface area contributed by atoms with Gasteiger partial charge in [-0.15, -0.1) is 0 Å². The molecule has 2 aromatic rings. The van der Waals surface area contributed by atoms with Crippen LogP contribution in [0.15, 0.2) is 46.9 Å². The van der Waals surface area contributed by atoms with Crippen LogP contribution in [0.3, 0.4) is 0 Å². The highest BCUT2D eigenvalue weighted by Crippen LogP contribution is 2.19. The highest BCUT2D eigenvalue weighted by molar-refractivity contribution is 9.10. The largest absolute Gasteiger partial charge is 0.381 e. The minimum atomic E-state index is -0.243. The van der Waals surface area contributed by atoms with Crippen LogP contribution in [0.2, 0.25) is 0 Å². The zero-order chi connectivity index (χ0) is 13.0. The van der Waals surface area contributed by atoms with Gasteiger partial charge in [0.05, 0.1) is 11.6 Å². The number of nitrogens with one attached hydrogen (secondary N) is 1. The van der Waals surface area contributed by atoms with Gasteiger partial charge in [0, 0.05) is 16.7 Å². The van der Waals surface area contributed by atoms with Crippen molar-refractivity contribution in [2.24, 2.45) is 0 Å². The lowest BCUT2D eigenvalue weighted by Crippen LogP contribution is -1.99. The van der Waals surface area contributed by atoms with Crippen molar-refractivity contribution in [3.8, 4) is 6.07 Å². The second-order valence-electron chi connectivity index (χ2n) is 3.82. The predicted molar refractivity (Wildman–Crippen MR) is 72.6 cm³/mol. The molecule has 90 valence electrons. The number of anilines is 1. The van der Waals surface area contributed by atoms with E-state index in [1.54, 1.807) is 24.3 Å². The maximum absolute atomic E-state index is 12.7. The lowest BCUT2D eigenvalue weighted by atomic mass is 10.2. The SMILES string of the molecule is N#Cc1cc(Br)cc(NCc2ccc(F)cc2)c1. The van der Waals surface area contributed by atoms with Crippen LogP contribution in [0.4, 0.5) is 10.1 Å². The summed E-state index contributed by atoms with van der Waals surface area (Å²) in [6.07, 6.45) is 0. The van der Waals surface area contributed by atoms with Gasteiger partial charge in [0.15, 0.2) is 0 Å². The Morgan fingerprint density at radius 1 is 1.17 bits per heavy atom. The first-order chi connectivity index (χ1) is 8.67. The zero-order valence-electron chi connectivity index (χ0n) is 9.45. The van der Waals surface area contributed by atoms with Gasteiger partial charge < -0.3 is 5.32 Å². The summed E-state index contributed by atoms with van der Waals surface area (Å²) < 4.78 is 13.6. The number of hydrogen-bond donors (Lipinski definition) is 1. The Morgan fingerprint density at radius 2 is 1.89 bits per heavy atom. The molecular weight excluding hydrogens is 295 g/mol. The molecule has 0 aliphatic heterocycles. The van der Waals surface area contributed by atoms with Crippen molar-refractivity contribution in [1.82, 2.24) is 0 Å². The topological polar surface area (TPSA) is 35.8 Å². The highest BCUT2D eigenvalue weighted by atomic mass is 79.9. The summed E-state index contributed by atoms with van der Waals surface area (Å²) in [6, 6.07) is 13.8. The maximum Gasteiger partial charge on any atom is 0.123 e. The molecule has 0 spiro atoms. The number of nitrogens with zero attached hydrogens (tertiary/aromatic N) is 1. The fourth-order valence-corrected chi connectivity index (χ4v) is 2.06. The molecule has 0 aliphatic rings. The Hall–Kier alpha value is -1.86. The van der Waals surface area contributed by atoms with Crippen molar-refractivity contribution in [3.05, 3.63) is 63.9 Å². The van der Waals surface area contributed by atoms with Gasteiger partial charge in [0.25, 0.3) is 0 Å². The molecule has 2 nitrogen and oxygen atoms in total. The molecule has 18 heavy (non-hydrogen) atoms. The molecule has 1 N–H and O–H groups in total. The standard InChI is InChI=1S/C14H10BrFN2/c15-12-5-11(8-17)6-14(7-12)18-9-10-1-3-13(16)4-2-10/h1-7,18H,9H2. The Morgan fingerprint density at radius 3 is 2.56 bits per heavy atom. The number of benzene rings is 2. The summed E-state index contributed by atoms with van der Waals surface area (Å²) in [5.74, 6) is -0.243. The molecule has 0 aromatic heterocycles. The van der Waals surface area contributed by atoms with Gasteiger partial charge in [0.1, 0.15) is 5.82 Å². The Labute approximate surface area is 113 Å². The van der Waals surface area contributed by atoms with Gasteiger partial charge in [-0.1, -0.05) is 28.1 Å². The van der Waals surface area contributed by atoms with E-state index >= 15 is 0 Å². The Bertz CT molecular complexity index is 588. The van der Waals surface area contributed by atoms with Crippen LogP contribution in [-0.2, 0) is 6.54 Å². The first kappa shape index (κ1) is 12.6. The Balaban J connectivity index is 2.08. The van der Waals surface area contributed by atoms with Gasteiger partial charge in [0.2, 0.25) is 0 Å². The number of hydrogen-bond acceptors (Lipinski definition) is 2. The summed E-state index contributed by atoms with van der Waals surface area (Å²) in [6.45, 7) is 0.585. The number of nitriles is 1. The average Bonchev–Trinajstić information content (AvgIpc) is 2.37. The summed E-state index contributed by atoms with van der Waals surface area (Å²) in [4.78, 5) is 0. The maximum atomic E-state index is 12.7. The number of rotatable bonds is 3. The molecule has 0 aliphatic carbocycles. The summed E-state index contributed by atoms with van der Waals surface area (Å²) in [5, 5.41) is 12.1. The number of halogens is 2. The van der Waals surface area contributed by atoms with Gasteiger partial charge >= 0.3 is 0 Å². The monoisotopic (exact) mass is 304 g/mol. The van der Waals surface area contributed by atoms with Crippen LogP contribution >= 0.6 is 15.9 Å². The molecule has 2 aromatic carbocycles. The summed E-state index contributed by atoms with van der Waals surface area (Å²) in [5.41, 5.74) is 2.42. The minimum Gasteiger partial charge on any atom is -0.381 e. The molecule has 0 saturated carbocycles. The van der Waals surface area contributed by atoms with E-state index in [9.17, 15) is 4.39 Å². The van der Waals surface area contributed by atoms with Crippen molar-refractivity contribution in [3.63, 3.8) is 0 Å². The fraction of sp³-hybridized carbons (Fsp3) is 0.0714. The Kier molecular flexibility index (Phi) is 3.96. The molecule has 0 fully saturated rings. The second-order valence-corrected chi connectivity index (χ2v) is 4.74. The van der Waals surface area contributed by atoms with Gasteiger partial charge in [-0.3, -0.25) is 0 Å². The van der Waals surface area contributed by atoms with Crippen LogP contribution in [0, 0.1) is 17.1 Å². The molecular formula is C14H10BrFN2. The van der Waals surface area contributed by atoms with E-state index in [2.05, 4.69) is 27.3 Å². The highest BCUT2D eigenvalue weighted by Gasteiger charge is 1.99. The lowest BCUT2D eigenvalue weighted by molar-refractivity contribution is 0.627. The molecule has 0 radical (unpaired) electrons. The van der Waals surface area contributed by atoms with E-state index < -0.39 is 0 Å². The normalized spacial score (nSPS) is 9.83. The van der Waals surface area contributed by atoms with Crippen molar-refractivity contribution in [2.75, 3.05) is 5.32 Å². The van der Waals surface area contributed by atoms with Gasteiger partial charge in [-0.25, -0.2) is 4.39 Å². The van der Waals surface area contributed by atoms with Crippen molar-refractivity contribution < 1.29 is 4.39 Å². The van der Waals surface area contributed by atoms with Crippen molar-refractivity contribution in [1.29, 1.82) is 5.26 Å². The third-order valence-corrected chi connectivity index (χ3v) is 2.89. The smallest absolute Gasteiger partial charge is 0.123 e. The van der Waals surface area contributed by atoms with E-state index in [1.807, 2.05) is 6.07 Å². The van der Waals surface area contributed by atoms with Crippen molar-refractivity contribution in [2.45, 2.75) is 6.54 Å². The average molecular weight is 305 g/mol. The van der Waals surface area contributed by atoms with E-state index in [-0.39, 0.29) is 5.82 Å². The molecule has 4 heteroatoms. The molecule has 0 bridgehead atoms. The van der Waals surface area contributed by atoms with Crippen LogP contribution in [0.25, 0.3) is 0 Å². The van der Waals surface area contributed by atoms with Crippen LogP contribution in [-0.4, -0.2) is 0 Å². The van der Waals surface area contributed by atoms with Gasteiger partial charge in [-0.05, 0) is 35.9 Å². The fourth-order valence-electron chi connectivity index (χ4n) is 1.56. The molecule has 0 atom stereocenters. The summed E-state index contributed by atoms with van der Waals surface area (Å²) >= 11 is 3.35. The summed E-state index contributed by atoms with van der Waals surface area (Å²) in [7, 11) is 0.